The molecule has 0 radical (unpaired) electrons. The molecule has 0 aromatic heterocycles. The Balaban J connectivity index is 1.50. The summed E-state index contributed by atoms with van der Waals surface area (Å²) in [5.74, 6) is 3.64. The van der Waals surface area contributed by atoms with Crippen molar-refractivity contribution in [1.29, 1.82) is 0 Å². The van der Waals surface area contributed by atoms with E-state index in [0.29, 0.717) is 12.6 Å². The van der Waals surface area contributed by atoms with Gasteiger partial charge in [-0.05, 0) is 19.8 Å². The summed E-state index contributed by atoms with van der Waals surface area (Å²) in [4.78, 5) is 23.7. The highest BCUT2D eigenvalue weighted by Crippen LogP contribution is 2.28. The molecular weight excluding hydrogens is 310 g/mol. The third-order valence-electron chi connectivity index (χ3n) is 4.66. The minimum Gasteiger partial charge on any atom is -0.357 e. The average molecular weight is 340 g/mol. The van der Waals surface area contributed by atoms with Crippen LogP contribution < -0.4 is 5.32 Å². The maximum atomic E-state index is 12.3. The molecule has 3 rings (SSSR count). The van der Waals surface area contributed by atoms with E-state index in [9.17, 15) is 4.79 Å². The van der Waals surface area contributed by atoms with E-state index in [0.717, 1.165) is 38.7 Å². The van der Waals surface area contributed by atoms with E-state index < -0.39 is 0 Å². The summed E-state index contributed by atoms with van der Waals surface area (Å²) in [5.41, 5.74) is 0. The number of rotatable bonds is 5. The number of guanidine groups is 1. The van der Waals surface area contributed by atoms with Crippen LogP contribution in [0.4, 0.5) is 0 Å². The van der Waals surface area contributed by atoms with E-state index in [1.165, 1.54) is 37.4 Å². The first-order valence-corrected chi connectivity index (χ1v) is 10.1. The number of carbonyl (C=O) groups excluding carboxylic acids is 1. The summed E-state index contributed by atoms with van der Waals surface area (Å²) in [7, 11) is 0. The van der Waals surface area contributed by atoms with Crippen LogP contribution in [0.1, 0.15) is 19.8 Å². The topological polar surface area (TPSA) is 51.2 Å². The van der Waals surface area contributed by atoms with Crippen molar-refractivity contribution in [3.63, 3.8) is 0 Å². The van der Waals surface area contributed by atoms with Crippen LogP contribution in [-0.2, 0) is 4.79 Å². The Morgan fingerprint density at radius 2 is 2.04 bits per heavy atom. The molecule has 1 saturated carbocycles. The van der Waals surface area contributed by atoms with Crippen LogP contribution in [-0.4, -0.2) is 96.5 Å². The monoisotopic (exact) mass is 339 g/mol. The lowest BCUT2D eigenvalue weighted by atomic mass is 10.3. The molecule has 130 valence electrons. The molecule has 1 amide bonds. The van der Waals surface area contributed by atoms with Crippen LogP contribution in [0.5, 0.6) is 0 Å². The molecule has 23 heavy (non-hydrogen) atoms. The number of aliphatic imine (C=N–C) groups is 1. The van der Waals surface area contributed by atoms with Gasteiger partial charge in [0.1, 0.15) is 0 Å². The Labute approximate surface area is 143 Å². The van der Waals surface area contributed by atoms with Gasteiger partial charge in [0, 0.05) is 56.8 Å². The first kappa shape index (κ1) is 16.9. The van der Waals surface area contributed by atoms with Crippen molar-refractivity contribution in [1.82, 2.24) is 20.0 Å². The van der Waals surface area contributed by atoms with Gasteiger partial charge < -0.3 is 15.1 Å². The standard InChI is InChI=1S/C16H29N5OS/c1-2-17-16(18-5-6-19-9-11-23-12-10-19)20-7-8-21(14-3-4-14)15(22)13-20/h14H,2-13H2,1H3,(H,17,18). The normalized spacial score (nSPS) is 24.2. The van der Waals surface area contributed by atoms with Crippen LogP contribution in [0, 0.1) is 0 Å². The van der Waals surface area contributed by atoms with Crippen molar-refractivity contribution in [2.75, 3.05) is 63.9 Å². The molecule has 0 bridgehead atoms. The van der Waals surface area contributed by atoms with Crippen LogP contribution in [0.3, 0.4) is 0 Å². The maximum absolute atomic E-state index is 12.3. The summed E-state index contributed by atoms with van der Waals surface area (Å²) in [5, 5.41) is 3.35. The Kier molecular flexibility index (Phi) is 6.05. The zero-order valence-electron chi connectivity index (χ0n) is 14.2. The molecule has 0 atom stereocenters. The van der Waals surface area contributed by atoms with E-state index in [2.05, 4.69) is 26.9 Å². The van der Waals surface area contributed by atoms with Crippen molar-refractivity contribution < 1.29 is 4.79 Å². The lowest BCUT2D eigenvalue weighted by Crippen LogP contribution is -2.55. The van der Waals surface area contributed by atoms with Gasteiger partial charge in [-0.15, -0.1) is 0 Å². The molecular formula is C16H29N5OS. The van der Waals surface area contributed by atoms with Crippen LogP contribution in [0.25, 0.3) is 0 Å². The fraction of sp³-hybridized carbons (Fsp3) is 0.875. The van der Waals surface area contributed by atoms with Gasteiger partial charge in [-0.25, -0.2) is 0 Å². The van der Waals surface area contributed by atoms with E-state index in [-0.39, 0.29) is 5.91 Å². The molecule has 7 heteroatoms. The average Bonchev–Trinajstić information content (AvgIpc) is 3.40. The minimum atomic E-state index is 0.261. The van der Waals surface area contributed by atoms with Gasteiger partial charge in [0.05, 0.1) is 13.1 Å². The van der Waals surface area contributed by atoms with Crippen LogP contribution >= 0.6 is 11.8 Å². The SMILES string of the molecule is CCNC(=NCCN1CCSCC1)N1CCN(C2CC2)C(=O)C1. The van der Waals surface area contributed by atoms with E-state index in [1.807, 2.05) is 11.8 Å². The van der Waals surface area contributed by atoms with Gasteiger partial charge in [0.15, 0.2) is 5.96 Å². The van der Waals surface area contributed by atoms with Crippen molar-refractivity contribution in [3.05, 3.63) is 0 Å². The highest BCUT2D eigenvalue weighted by atomic mass is 32.2. The highest BCUT2D eigenvalue weighted by Gasteiger charge is 2.36. The fourth-order valence-corrected chi connectivity index (χ4v) is 4.17. The number of hydrogen-bond acceptors (Lipinski definition) is 4. The molecule has 0 aromatic carbocycles. The Morgan fingerprint density at radius 1 is 1.26 bits per heavy atom. The molecule has 1 N–H and O–H groups in total. The molecule has 3 fully saturated rings. The van der Waals surface area contributed by atoms with Gasteiger partial charge in [-0.1, -0.05) is 0 Å². The minimum absolute atomic E-state index is 0.261. The molecule has 1 aliphatic carbocycles. The largest absolute Gasteiger partial charge is 0.357 e. The Bertz CT molecular complexity index is 434. The van der Waals surface area contributed by atoms with Gasteiger partial charge in [-0.3, -0.25) is 14.7 Å². The van der Waals surface area contributed by atoms with Crippen molar-refractivity contribution >= 4 is 23.6 Å². The van der Waals surface area contributed by atoms with E-state index in [1.54, 1.807) is 0 Å². The number of nitrogens with zero attached hydrogens (tertiary/aromatic N) is 4. The van der Waals surface area contributed by atoms with Crippen LogP contribution in [0.15, 0.2) is 4.99 Å². The second-order valence-electron chi connectivity index (χ2n) is 6.43. The number of amides is 1. The second-order valence-corrected chi connectivity index (χ2v) is 7.65. The second kappa shape index (κ2) is 8.24. The predicted octanol–water partition coefficient (Wildman–Crippen LogP) is 0.307. The molecule has 3 aliphatic rings. The van der Waals surface area contributed by atoms with Crippen LogP contribution in [0.2, 0.25) is 0 Å². The molecule has 0 spiro atoms. The summed E-state index contributed by atoms with van der Waals surface area (Å²) >= 11 is 2.04. The van der Waals surface area contributed by atoms with Gasteiger partial charge in [-0.2, -0.15) is 11.8 Å². The Morgan fingerprint density at radius 3 is 2.70 bits per heavy atom. The van der Waals surface area contributed by atoms with Crippen molar-refractivity contribution in [3.8, 4) is 0 Å². The number of piperazine rings is 1. The predicted molar refractivity (Wildman–Crippen MR) is 96.1 cm³/mol. The van der Waals surface area contributed by atoms with E-state index in [4.69, 9.17) is 4.99 Å². The van der Waals surface area contributed by atoms with Crippen molar-refractivity contribution in [2.45, 2.75) is 25.8 Å². The Hall–Kier alpha value is -0.950. The zero-order valence-corrected chi connectivity index (χ0v) is 15.0. The summed E-state index contributed by atoms with van der Waals surface area (Å²) in [6.45, 7) is 9.32. The molecule has 6 nitrogen and oxygen atoms in total. The number of carbonyl (C=O) groups is 1. The molecule has 0 unspecified atom stereocenters. The van der Waals surface area contributed by atoms with Crippen molar-refractivity contribution in [2.24, 2.45) is 4.99 Å². The zero-order chi connectivity index (χ0) is 16.1. The smallest absolute Gasteiger partial charge is 0.242 e. The lowest BCUT2D eigenvalue weighted by Gasteiger charge is -2.36. The first-order chi connectivity index (χ1) is 11.3. The first-order valence-electron chi connectivity index (χ1n) is 8.90. The summed E-state index contributed by atoms with van der Waals surface area (Å²) in [6, 6.07) is 0.529. The molecule has 0 aromatic rings. The van der Waals surface area contributed by atoms with Gasteiger partial charge >= 0.3 is 0 Å². The third-order valence-corrected chi connectivity index (χ3v) is 5.60. The number of thioether (sulfide) groups is 1. The summed E-state index contributed by atoms with van der Waals surface area (Å²) < 4.78 is 0. The molecule has 2 aliphatic heterocycles. The molecule has 2 saturated heterocycles. The fourth-order valence-electron chi connectivity index (χ4n) is 3.19. The third kappa shape index (κ3) is 4.76. The number of nitrogens with one attached hydrogen (secondary N) is 1. The summed E-state index contributed by atoms with van der Waals surface area (Å²) in [6.07, 6.45) is 2.38. The molecule has 2 heterocycles. The maximum Gasteiger partial charge on any atom is 0.242 e. The lowest BCUT2D eigenvalue weighted by molar-refractivity contribution is -0.135. The number of hydrogen-bond donors (Lipinski definition) is 1. The van der Waals surface area contributed by atoms with Gasteiger partial charge in [0.2, 0.25) is 5.91 Å². The van der Waals surface area contributed by atoms with E-state index >= 15 is 0 Å². The van der Waals surface area contributed by atoms with Gasteiger partial charge in [0.25, 0.3) is 0 Å². The highest BCUT2D eigenvalue weighted by molar-refractivity contribution is 7.99. The quantitative estimate of drug-likeness (QED) is 0.577.